The van der Waals surface area contributed by atoms with Crippen LogP contribution in [0.25, 0.3) is 0 Å². The molecule has 0 fully saturated rings. The van der Waals surface area contributed by atoms with Crippen LogP contribution < -0.4 is 0 Å². The van der Waals surface area contributed by atoms with Gasteiger partial charge >= 0.3 is 5.97 Å². The number of carbonyl (C=O) groups is 1. The summed E-state index contributed by atoms with van der Waals surface area (Å²) < 4.78 is 38.4. The fraction of sp³-hybridized carbons (Fsp3) is 0.571. The van der Waals surface area contributed by atoms with Crippen LogP contribution in [0.4, 0.5) is 0 Å². The van der Waals surface area contributed by atoms with Crippen molar-refractivity contribution < 1.29 is 16.4 Å². The van der Waals surface area contributed by atoms with Crippen molar-refractivity contribution in [2.45, 2.75) is 19.7 Å². The molecule has 0 radical (unpaired) electrons. The van der Waals surface area contributed by atoms with E-state index in [2.05, 4.69) is 11.3 Å². The first-order valence-electron chi connectivity index (χ1n) is 5.03. The molecule has 0 N–H and O–H groups in total. The minimum absolute atomic E-state index is 0.0703. The van der Waals surface area contributed by atoms with Crippen LogP contribution in [0, 0.1) is 0 Å². The maximum absolute atomic E-state index is 10.9. The number of hydrogen-bond donors (Lipinski definition) is 0. The number of allylic oxidation sites excluding steroid dienone is 1. The largest absolute Gasteiger partial charge is 0.466 e. The second-order valence-corrected chi connectivity index (χ2v) is 1.40. The highest BCUT2D eigenvalue weighted by Gasteiger charge is 1.96. The van der Waals surface area contributed by atoms with E-state index in [1.165, 1.54) is 6.08 Å². The molecule has 9 heavy (non-hydrogen) atoms. The van der Waals surface area contributed by atoms with Crippen LogP contribution in [-0.2, 0) is 9.53 Å². The fourth-order valence-corrected chi connectivity index (χ4v) is 0.328. The lowest BCUT2D eigenvalue weighted by molar-refractivity contribution is -0.142. The predicted molar refractivity (Wildman–Crippen MR) is 36.1 cm³/mol. The van der Waals surface area contributed by atoms with Gasteiger partial charge < -0.3 is 4.74 Å². The van der Waals surface area contributed by atoms with Gasteiger partial charge in [0, 0.05) is 10.5 Å². The molecule has 2 nitrogen and oxygen atoms in total. The van der Waals surface area contributed by atoms with Crippen molar-refractivity contribution >= 4 is 5.97 Å². The van der Waals surface area contributed by atoms with E-state index in [0.29, 0.717) is 6.42 Å². The number of ether oxygens (including phenoxy) is 1. The molecular formula is C7H12O2. The molecule has 0 unspecified atom stereocenters. The fourth-order valence-electron chi connectivity index (χ4n) is 0.328. The molecule has 0 saturated heterocycles. The number of carbonyl (C=O) groups excluding carboxylic acids is 1. The Morgan fingerprint density at radius 3 is 3.44 bits per heavy atom. The van der Waals surface area contributed by atoms with E-state index < -0.39 is 19.4 Å². The SMILES string of the molecule is [2H]C([2H])([2H])C([2H])([2H])OC(=O)CCC=C. The van der Waals surface area contributed by atoms with Gasteiger partial charge in [0.2, 0.25) is 0 Å². The quantitative estimate of drug-likeness (QED) is 0.429. The van der Waals surface area contributed by atoms with E-state index >= 15 is 0 Å². The third kappa shape index (κ3) is 5.07. The van der Waals surface area contributed by atoms with Gasteiger partial charge in [0.05, 0.1) is 9.30 Å². The van der Waals surface area contributed by atoms with Crippen molar-refractivity contribution in [3.05, 3.63) is 12.7 Å². The molecule has 0 aliphatic rings. The normalized spacial score (nSPS) is 19.8. The second kappa shape index (κ2) is 5.35. The minimum Gasteiger partial charge on any atom is -0.466 e. The van der Waals surface area contributed by atoms with Gasteiger partial charge in [-0.1, -0.05) is 6.08 Å². The molecule has 0 aliphatic heterocycles. The summed E-state index contributed by atoms with van der Waals surface area (Å²) in [6.07, 6.45) is 1.72. The lowest BCUT2D eigenvalue weighted by Gasteiger charge is -1.96. The Morgan fingerprint density at radius 1 is 2.11 bits per heavy atom. The van der Waals surface area contributed by atoms with Gasteiger partial charge in [0.1, 0.15) is 0 Å². The smallest absolute Gasteiger partial charge is 0.306 e. The topological polar surface area (TPSA) is 26.3 Å². The van der Waals surface area contributed by atoms with Gasteiger partial charge in [-0.05, 0) is 13.3 Å². The van der Waals surface area contributed by atoms with Gasteiger partial charge in [-0.15, -0.1) is 6.58 Å². The molecule has 0 spiro atoms. The van der Waals surface area contributed by atoms with Crippen LogP contribution in [0.5, 0.6) is 0 Å². The molecule has 0 rings (SSSR count). The first kappa shape index (κ1) is 2.86. The van der Waals surface area contributed by atoms with Gasteiger partial charge in [-0.2, -0.15) is 0 Å². The maximum atomic E-state index is 10.9. The third-order valence-corrected chi connectivity index (χ3v) is 0.717. The first-order valence-corrected chi connectivity index (χ1v) is 2.53. The summed E-state index contributed by atoms with van der Waals surface area (Å²) in [6, 6.07) is 0. The van der Waals surface area contributed by atoms with Gasteiger partial charge in [-0.3, -0.25) is 4.79 Å². The zero-order valence-corrected chi connectivity index (χ0v) is 5.02. The number of hydrogen-bond acceptors (Lipinski definition) is 2. The second-order valence-electron chi connectivity index (χ2n) is 1.40. The Bertz CT molecular complexity index is 221. The molecule has 52 valence electrons. The average molecular weight is 133 g/mol. The summed E-state index contributed by atoms with van der Waals surface area (Å²) in [7, 11) is 0. The van der Waals surface area contributed by atoms with Crippen molar-refractivity contribution in [2.24, 2.45) is 0 Å². The van der Waals surface area contributed by atoms with Crippen molar-refractivity contribution in [3.8, 4) is 0 Å². The Labute approximate surface area is 62.5 Å². The van der Waals surface area contributed by atoms with E-state index in [0.717, 1.165) is 0 Å². The summed E-state index contributed by atoms with van der Waals surface area (Å²) in [4.78, 5) is 10.9. The molecule has 0 atom stereocenters. The Hall–Kier alpha value is -0.790. The monoisotopic (exact) mass is 133 g/mol. The molecular weight excluding hydrogens is 116 g/mol. The molecule has 0 aliphatic carbocycles. The molecule has 0 heterocycles. The van der Waals surface area contributed by atoms with Gasteiger partial charge in [0.15, 0.2) is 0 Å². The minimum atomic E-state index is -2.96. The van der Waals surface area contributed by atoms with Crippen LogP contribution in [0.1, 0.15) is 26.5 Å². The van der Waals surface area contributed by atoms with Crippen LogP contribution in [0.3, 0.4) is 0 Å². The third-order valence-electron chi connectivity index (χ3n) is 0.717. The highest BCUT2D eigenvalue weighted by molar-refractivity contribution is 5.69. The van der Waals surface area contributed by atoms with Crippen LogP contribution in [0.2, 0.25) is 0 Å². The van der Waals surface area contributed by atoms with Gasteiger partial charge in [0.25, 0.3) is 0 Å². The highest BCUT2D eigenvalue weighted by atomic mass is 16.5. The van der Waals surface area contributed by atoms with E-state index in [1.807, 2.05) is 0 Å². The zero-order chi connectivity index (χ0) is 11.4. The molecule has 0 aromatic rings. The molecule has 0 saturated carbocycles. The highest BCUT2D eigenvalue weighted by Crippen LogP contribution is 1.91. The lowest BCUT2D eigenvalue weighted by Crippen LogP contribution is -2.02. The van der Waals surface area contributed by atoms with E-state index in [1.54, 1.807) is 0 Å². The zero-order valence-electron chi connectivity index (χ0n) is 10.0. The van der Waals surface area contributed by atoms with E-state index in [-0.39, 0.29) is 6.42 Å². The predicted octanol–water partition coefficient (Wildman–Crippen LogP) is 1.52. The Kier molecular flexibility index (Phi) is 1.70. The van der Waals surface area contributed by atoms with Gasteiger partial charge in [-0.25, -0.2) is 0 Å². The van der Waals surface area contributed by atoms with Crippen LogP contribution in [0.15, 0.2) is 12.7 Å². The Morgan fingerprint density at radius 2 is 2.89 bits per heavy atom. The van der Waals surface area contributed by atoms with Crippen LogP contribution >= 0.6 is 0 Å². The summed E-state index contributed by atoms with van der Waals surface area (Å²) in [5.74, 6) is -0.883. The van der Waals surface area contributed by atoms with Crippen molar-refractivity contribution in [3.63, 3.8) is 0 Å². The average Bonchev–Trinajstić information content (AvgIpc) is 1.97. The number of esters is 1. The van der Waals surface area contributed by atoms with Crippen LogP contribution in [-0.4, -0.2) is 12.5 Å². The lowest BCUT2D eigenvalue weighted by atomic mass is 10.3. The molecule has 2 heteroatoms. The summed E-state index contributed by atoms with van der Waals surface area (Å²) in [6.45, 7) is -2.52. The first-order chi connectivity index (χ1) is 6.20. The van der Waals surface area contributed by atoms with Crippen molar-refractivity contribution in [1.82, 2.24) is 0 Å². The van der Waals surface area contributed by atoms with Crippen molar-refractivity contribution in [2.75, 3.05) is 6.56 Å². The van der Waals surface area contributed by atoms with E-state index in [4.69, 9.17) is 6.85 Å². The summed E-state index contributed by atoms with van der Waals surface area (Å²) in [5, 5.41) is 0. The summed E-state index contributed by atoms with van der Waals surface area (Å²) in [5.41, 5.74) is 0. The molecule has 0 aromatic heterocycles. The molecule has 0 aromatic carbocycles. The molecule has 0 amide bonds. The van der Waals surface area contributed by atoms with Crippen molar-refractivity contribution in [1.29, 1.82) is 0 Å². The number of rotatable bonds is 4. The summed E-state index contributed by atoms with van der Waals surface area (Å²) >= 11 is 0. The standard InChI is InChI=1S/C7H12O2/c1-3-5-6-7(8)9-4-2/h3H,1,4-6H2,2H3/i2D3,4D2. The van der Waals surface area contributed by atoms with E-state index in [9.17, 15) is 4.79 Å². The maximum Gasteiger partial charge on any atom is 0.306 e. The Balaban J connectivity index is 4.22. The molecule has 0 bridgehead atoms.